The molecule has 2 amide bonds. The van der Waals surface area contributed by atoms with Crippen LogP contribution in [-0.4, -0.2) is 60.2 Å². The van der Waals surface area contributed by atoms with E-state index in [4.69, 9.17) is 32.7 Å². The Morgan fingerprint density at radius 1 is 1.06 bits per heavy atom. The van der Waals surface area contributed by atoms with E-state index < -0.39 is 23.8 Å². The van der Waals surface area contributed by atoms with Gasteiger partial charge in [-0.1, -0.05) is 23.2 Å². The number of piperazine rings is 1. The summed E-state index contributed by atoms with van der Waals surface area (Å²) in [5.74, 6) is -0.346. The number of piperidine rings is 1. The van der Waals surface area contributed by atoms with Crippen molar-refractivity contribution in [3.05, 3.63) is 57.1 Å². The Morgan fingerprint density at radius 2 is 1.85 bits per heavy atom. The number of ether oxygens (including phenoxy) is 2. The van der Waals surface area contributed by atoms with E-state index in [-0.39, 0.29) is 22.5 Å². The average molecular weight is 503 g/mol. The number of carbonyl (C=O) groups is 3. The number of fused-ring (bicyclic) bond motifs is 6. The molecule has 34 heavy (non-hydrogen) atoms. The predicted molar refractivity (Wildman–Crippen MR) is 127 cm³/mol. The fourth-order valence-electron chi connectivity index (χ4n) is 5.64. The highest BCUT2D eigenvalue weighted by atomic mass is 35.5. The van der Waals surface area contributed by atoms with Crippen molar-refractivity contribution in [2.45, 2.75) is 43.8 Å². The molecule has 3 heterocycles. The van der Waals surface area contributed by atoms with Gasteiger partial charge in [-0.25, -0.2) is 0 Å². The summed E-state index contributed by atoms with van der Waals surface area (Å²) in [6.45, 7) is 0.538. The molecule has 1 unspecified atom stereocenters. The molecule has 2 bridgehead atoms. The van der Waals surface area contributed by atoms with Gasteiger partial charge in [0.05, 0.1) is 31.3 Å². The van der Waals surface area contributed by atoms with Crippen LogP contribution in [0.5, 0.6) is 11.5 Å². The third kappa shape index (κ3) is 3.53. The van der Waals surface area contributed by atoms with E-state index in [0.717, 1.165) is 17.5 Å². The van der Waals surface area contributed by atoms with Crippen LogP contribution in [0.4, 0.5) is 0 Å². The second-order valence-corrected chi connectivity index (χ2v) is 9.65. The molecule has 2 aromatic carbocycles. The van der Waals surface area contributed by atoms with Gasteiger partial charge in [0, 0.05) is 28.8 Å². The van der Waals surface area contributed by atoms with Crippen LogP contribution in [0.3, 0.4) is 0 Å². The number of rotatable bonds is 4. The fraction of sp³-hybridized carbons (Fsp3) is 0.400. The zero-order valence-corrected chi connectivity index (χ0v) is 20.4. The molecule has 2 aromatic rings. The Labute approximate surface area is 207 Å². The van der Waals surface area contributed by atoms with Gasteiger partial charge in [0.15, 0.2) is 0 Å². The molecule has 0 spiro atoms. The number of ketones is 1. The monoisotopic (exact) mass is 502 g/mol. The first-order valence-corrected chi connectivity index (χ1v) is 12.0. The molecule has 0 aromatic heterocycles. The van der Waals surface area contributed by atoms with Gasteiger partial charge >= 0.3 is 0 Å². The number of hydrogen-bond donors (Lipinski definition) is 0. The maximum atomic E-state index is 13.6. The van der Waals surface area contributed by atoms with Gasteiger partial charge in [-0.3, -0.25) is 14.4 Å². The molecule has 9 heteroatoms. The van der Waals surface area contributed by atoms with Gasteiger partial charge in [0.1, 0.15) is 17.5 Å². The Morgan fingerprint density at radius 3 is 2.59 bits per heavy atom. The van der Waals surface area contributed by atoms with Crippen molar-refractivity contribution in [3.63, 3.8) is 0 Å². The van der Waals surface area contributed by atoms with Crippen molar-refractivity contribution < 1.29 is 23.9 Å². The number of benzene rings is 2. The maximum Gasteiger partial charge on any atom is 0.296 e. The summed E-state index contributed by atoms with van der Waals surface area (Å²) in [4.78, 5) is 43.8. The zero-order valence-electron chi connectivity index (χ0n) is 18.8. The predicted octanol–water partition coefficient (Wildman–Crippen LogP) is 4.08. The van der Waals surface area contributed by atoms with Crippen molar-refractivity contribution in [2.75, 3.05) is 20.8 Å². The molecule has 7 nitrogen and oxygen atoms in total. The Hall–Kier alpha value is -2.77. The molecular formula is C25H24Cl2N2O5. The topological polar surface area (TPSA) is 76.2 Å². The van der Waals surface area contributed by atoms with Crippen LogP contribution in [0.15, 0.2) is 30.3 Å². The van der Waals surface area contributed by atoms with E-state index in [1.54, 1.807) is 26.4 Å². The van der Waals surface area contributed by atoms with E-state index in [9.17, 15) is 14.4 Å². The lowest BCUT2D eigenvalue weighted by Gasteiger charge is -2.55. The third-order valence-electron chi connectivity index (χ3n) is 7.12. The third-order valence-corrected chi connectivity index (χ3v) is 7.68. The summed E-state index contributed by atoms with van der Waals surface area (Å²) in [5, 5.41) is 0.455. The number of nitrogens with zero attached hydrogens (tertiary/aromatic N) is 2. The van der Waals surface area contributed by atoms with Gasteiger partial charge in [-0.05, 0) is 55.5 Å². The van der Waals surface area contributed by atoms with Crippen LogP contribution in [0, 0.1) is 0 Å². The van der Waals surface area contributed by atoms with Crippen LogP contribution in [-0.2, 0) is 16.0 Å². The van der Waals surface area contributed by atoms with Gasteiger partial charge < -0.3 is 19.3 Å². The van der Waals surface area contributed by atoms with E-state index >= 15 is 0 Å². The summed E-state index contributed by atoms with van der Waals surface area (Å²) in [7, 11) is 3.18. The van der Waals surface area contributed by atoms with Crippen molar-refractivity contribution in [1.29, 1.82) is 0 Å². The number of amides is 2. The van der Waals surface area contributed by atoms with Crippen molar-refractivity contribution in [1.82, 2.24) is 9.80 Å². The van der Waals surface area contributed by atoms with E-state index in [2.05, 4.69) is 0 Å². The highest BCUT2D eigenvalue weighted by molar-refractivity contribution is 6.47. The Bertz CT molecular complexity index is 1180. The van der Waals surface area contributed by atoms with Crippen LogP contribution in [0.25, 0.3) is 0 Å². The van der Waals surface area contributed by atoms with Crippen molar-refractivity contribution in [3.8, 4) is 11.5 Å². The fourth-order valence-corrected chi connectivity index (χ4v) is 6.01. The number of halogens is 2. The number of carbonyl (C=O) groups excluding carboxylic acids is 3. The first kappa shape index (κ1) is 23.0. The van der Waals surface area contributed by atoms with Crippen LogP contribution in [0.2, 0.25) is 10.0 Å². The van der Waals surface area contributed by atoms with Crippen LogP contribution < -0.4 is 9.47 Å². The minimum absolute atomic E-state index is 0.0403. The second-order valence-electron chi connectivity index (χ2n) is 8.81. The van der Waals surface area contributed by atoms with Crippen LogP contribution >= 0.6 is 23.2 Å². The van der Waals surface area contributed by atoms with E-state index in [1.807, 2.05) is 11.0 Å². The lowest BCUT2D eigenvalue weighted by atomic mass is 9.78. The molecule has 3 aliphatic rings. The molecule has 2 fully saturated rings. The minimum Gasteiger partial charge on any atom is -0.497 e. The van der Waals surface area contributed by atoms with Gasteiger partial charge in [-0.15, -0.1) is 0 Å². The number of hydrogen-bond acceptors (Lipinski definition) is 5. The zero-order chi connectivity index (χ0) is 24.1. The molecular weight excluding hydrogens is 479 g/mol. The van der Waals surface area contributed by atoms with Gasteiger partial charge in [-0.2, -0.15) is 0 Å². The molecule has 178 valence electrons. The highest BCUT2D eigenvalue weighted by Gasteiger charge is 2.54. The Balaban J connectivity index is 1.59. The second kappa shape index (κ2) is 8.78. The Kier molecular flexibility index (Phi) is 5.94. The maximum absolute atomic E-state index is 13.6. The normalized spacial score (nSPS) is 23.2. The molecule has 2 saturated heterocycles. The van der Waals surface area contributed by atoms with Crippen LogP contribution in [0.1, 0.15) is 46.8 Å². The molecule has 0 saturated carbocycles. The summed E-state index contributed by atoms with van der Waals surface area (Å²) in [6, 6.07) is 6.76. The number of Topliss-reactive ketones (excluding diaryl/α,β-unsaturated/α-hetero) is 1. The SMILES string of the molecule is COc1cc2c(c(OC)c1)C1[C@H]3CCC[C@@H](C(=O)N1CC2)N3C(=O)C(=O)c1cc(Cl)ccc1Cl. The standard InChI is InChI=1S/C25H24Cl2N2O5/c1-33-15-10-13-8-9-28-22(21(13)20(12-15)34-2)18-4-3-5-19(24(28)31)29(18)25(32)23(30)16-11-14(26)6-7-17(16)27/h6-7,10-12,18-19,22H,3-5,8-9H2,1-2H3/t18-,19+,22?/m1/s1. The quantitative estimate of drug-likeness (QED) is 0.464. The molecule has 3 aliphatic heterocycles. The first-order chi connectivity index (χ1) is 16.3. The minimum atomic E-state index is -0.761. The molecule has 3 atom stereocenters. The van der Waals surface area contributed by atoms with Gasteiger partial charge in [0.2, 0.25) is 5.91 Å². The lowest BCUT2D eigenvalue weighted by molar-refractivity contribution is -0.164. The summed E-state index contributed by atoms with van der Waals surface area (Å²) in [6.07, 6.45) is 2.64. The molecule has 0 radical (unpaired) electrons. The van der Waals surface area contributed by atoms with Gasteiger partial charge in [0.25, 0.3) is 11.7 Å². The first-order valence-electron chi connectivity index (χ1n) is 11.2. The highest BCUT2D eigenvalue weighted by Crippen LogP contribution is 2.48. The largest absolute Gasteiger partial charge is 0.497 e. The smallest absolute Gasteiger partial charge is 0.296 e. The van der Waals surface area contributed by atoms with Crippen molar-refractivity contribution in [2.24, 2.45) is 0 Å². The summed E-state index contributed by atoms with van der Waals surface area (Å²) >= 11 is 12.3. The summed E-state index contributed by atoms with van der Waals surface area (Å²) < 4.78 is 11.1. The van der Waals surface area contributed by atoms with E-state index in [1.165, 1.54) is 17.0 Å². The summed E-state index contributed by atoms with van der Waals surface area (Å²) in [5.41, 5.74) is 1.93. The molecule has 0 aliphatic carbocycles. The molecule has 0 N–H and O–H groups in total. The number of methoxy groups -OCH3 is 2. The average Bonchev–Trinajstić information content (AvgIpc) is 2.86. The lowest BCUT2D eigenvalue weighted by Crippen LogP contribution is -2.68. The van der Waals surface area contributed by atoms with E-state index in [0.29, 0.717) is 42.3 Å². The van der Waals surface area contributed by atoms with Crippen molar-refractivity contribution >= 4 is 40.8 Å². The molecule has 5 rings (SSSR count).